The lowest BCUT2D eigenvalue weighted by Gasteiger charge is -2.42. The van der Waals surface area contributed by atoms with Gasteiger partial charge >= 0.3 is 12.0 Å². The molecule has 2 fully saturated rings. The number of nitrogens with zero attached hydrogens (tertiary/aromatic N) is 3. The van der Waals surface area contributed by atoms with Crippen molar-refractivity contribution >= 4 is 47.6 Å². The average Bonchev–Trinajstić information content (AvgIpc) is 2.95. The Morgan fingerprint density at radius 1 is 1.19 bits per heavy atom. The van der Waals surface area contributed by atoms with Crippen LogP contribution >= 0.6 is 0 Å². The molecule has 192 valence electrons. The fourth-order valence-corrected chi connectivity index (χ4v) is 3.94. The van der Waals surface area contributed by atoms with Gasteiger partial charge < -0.3 is 20.5 Å². The summed E-state index contributed by atoms with van der Waals surface area (Å²) in [4.78, 5) is 85.3. The number of hydrogen-bond acceptors (Lipinski definition) is 7. The van der Waals surface area contributed by atoms with Gasteiger partial charge in [0.2, 0.25) is 17.7 Å². The number of urea groups is 1. The number of fused-ring (bicyclic) bond motifs is 1. The largest absolute Gasteiger partial charge is 0.481 e. The minimum atomic E-state index is -1.31. The van der Waals surface area contributed by atoms with E-state index in [1.165, 1.54) is 19.1 Å². The highest BCUT2D eigenvalue weighted by molar-refractivity contribution is 5.98. The van der Waals surface area contributed by atoms with Crippen molar-refractivity contribution in [2.24, 2.45) is 0 Å². The maximum atomic E-state index is 13.4. The zero-order valence-electron chi connectivity index (χ0n) is 19.4. The number of aldehydes is 1. The summed E-state index contributed by atoms with van der Waals surface area (Å²) in [5.41, 5.74) is 2.95. The number of rotatable bonds is 8. The Kier molecular flexibility index (Phi) is 8.19. The lowest BCUT2D eigenvalue weighted by atomic mass is 10.1. The first-order valence-corrected chi connectivity index (χ1v) is 11.2. The molecule has 2 heterocycles. The third-order valence-corrected chi connectivity index (χ3v) is 5.54. The second-order valence-electron chi connectivity index (χ2n) is 8.26. The van der Waals surface area contributed by atoms with Crippen molar-refractivity contribution in [1.29, 1.82) is 0 Å². The first-order chi connectivity index (χ1) is 17.1. The lowest BCUT2D eigenvalue weighted by molar-refractivity contribution is -0.155. The topological polar surface area (TPSA) is 186 Å². The van der Waals surface area contributed by atoms with Crippen LogP contribution in [-0.4, -0.2) is 87.2 Å². The molecule has 0 radical (unpaired) electrons. The van der Waals surface area contributed by atoms with Crippen molar-refractivity contribution in [3.8, 4) is 0 Å². The Morgan fingerprint density at radius 3 is 2.61 bits per heavy atom. The third-order valence-electron chi connectivity index (χ3n) is 5.54. The van der Waals surface area contributed by atoms with Gasteiger partial charge in [0.25, 0.3) is 5.91 Å². The van der Waals surface area contributed by atoms with Crippen molar-refractivity contribution in [1.82, 2.24) is 25.8 Å². The Labute approximate surface area is 205 Å². The fraction of sp³-hybridized carbons (Fsp3) is 0.409. The molecule has 0 unspecified atom stereocenters. The summed E-state index contributed by atoms with van der Waals surface area (Å²) < 4.78 is 0. The average molecular weight is 502 g/mol. The van der Waals surface area contributed by atoms with E-state index >= 15 is 0 Å². The zero-order valence-corrected chi connectivity index (χ0v) is 19.4. The summed E-state index contributed by atoms with van der Waals surface area (Å²) in [5, 5.41) is 16.8. The molecule has 14 nitrogen and oxygen atoms in total. The van der Waals surface area contributed by atoms with Gasteiger partial charge in [0.15, 0.2) is 0 Å². The molecule has 3 rings (SSSR count). The standard InChI is InChI=1S/C22H26N6O8/c1-13(30)23-15-5-2-4-14(10-15)20(34)25-26-9-7-18(31)27-8-3-6-17(28(27)22(26)36)21(35)24-16(12-29)11-19(32)33/h2,4-5,10,12,16-17H,3,6-9,11H2,1H3,(H,23,30)(H,24,35)(H,25,34)(H,32,33)/t16-,17-/m0/s1. The van der Waals surface area contributed by atoms with Gasteiger partial charge in [-0.1, -0.05) is 6.07 Å². The second kappa shape index (κ2) is 11.3. The highest BCUT2D eigenvalue weighted by atomic mass is 16.4. The zero-order chi connectivity index (χ0) is 26.4. The number of carboxylic acids is 1. The van der Waals surface area contributed by atoms with Gasteiger partial charge in [-0.3, -0.25) is 29.4 Å². The van der Waals surface area contributed by atoms with Gasteiger partial charge in [-0.05, 0) is 31.0 Å². The van der Waals surface area contributed by atoms with Crippen molar-refractivity contribution < 1.29 is 38.7 Å². The minimum Gasteiger partial charge on any atom is -0.481 e. The maximum Gasteiger partial charge on any atom is 0.358 e. The summed E-state index contributed by atoms with van der Waals surface area (Å²) in [5.74, 6) is -3.55. The highest BCUT2D eigenvalue weighted by Crippen LogP contribution is 2.24. The molecule has 1 aromatic rings. The van der Waals surface area contributed by atoms with Crippen LogP contribution in [-0.2, 0) is 24.0 Å². The van der Waals surface area contributed by atoms with E-state index in [9.17, 15) is 33.6 Å². The van der Waals surface area contributed by atoms with Gasteiger partial charge in [0, 0.05) is 31.1 Å². The van der Waals surface area contributed by atoms with Gasteiger partial charge in [0.1, 0.15) is 12.3 Å². The molecule has 0 saturated carbocycles. The Morgan fingerprint density at radius 2 is 1.94 bits per heavy atom. The molecule has 2 aliphatic rings. The number of carbonyl (C=O) groups excluding carboxylic acids is 6. The lowest BCUT2D eigenvalue weighted by Crippen LogP contribution is -2.64. The van der Waals surface area contributed by atoms with Gasteiger partial charge in [-0.2, -0.15) is 0 Å². The normalized spacial score (nSPS) is 18.5. The van der Waals surface area contributed by atoms with Crippen LogP contribution in [0, 0.1) is 0 Å². The number of carboxylic acid groups (broad SMARTS) is 1. The Hall–Kier alpha value is -4.49. The molecule has 0 bridgehead atoms. The molecule has 2 atom stereocenters. The highest BCUT2D eigenvalue weighted by Gasteiger charge is 2.44. The van der Waals surface area contributed by atoms with Crippen molar-refractivity contribution in [2.75, 3.05) is 18.4 Å². The number of hydrogen-bond donors (Lipinski definition) is 4. The molecule has 0 aromatic heterocycles. The molecule has 0 spiro atoms. The summed E-state index contributed by atoms with van der Waals surface area (Å²) in [6, 6.07) is 2.66. The van der Waals surface area contributed by atoms with E-state index in [-0.39, 0.29) is 43.7 Å². The number of amides is 6. The van der Waals surface area contributed by atoms with Crippen molar-refractivity contribution in [3.05, 3.63) is 29.8 Å². The van der Waals surface area contributed by atoms with Crippen LogP contribution in [0.1, 0.15) is 43.0 Å². The first-order valence-electron chi connectivity index (χ1n) is 11.2. The molecular weight excluding hydrogens is 476 g/mol. The maximum absolute atomic E-state index is 13.4. The fourth-order valence-electron chi connectivity index (χ4n) is 3.94. The first kappa shape index (κ1) is 26.1. The van der Waals surface area contributed by atoms with Gasteiger partial charge in [-0.15, -0.1) is 0 Å². The number of nitrogens with one attached hydrogen (secondary N) is 3. The molecule has 4 N–H and O–H groups in total. The number of benzene rings is 1. The molecule has 1 aromatic carbocycles. The Balaban J connectivity index is 1.80. The van der Waals surface area contributed by atoms with E-state index in [1.54, 1.807) is 12.1 Å². The van der Waals surface area contributed by atoms with Crippen LogP contribution < -0.4 is 16.1 Å². The van der Waals surface area contributed by atoms with E-state index in [1.807, 2.05) is 0 Å². The van der Waals surface area contributed by atoms with E-state index in [0.29, 0.717) is 12.1 Å². The van der Waals surface area contributed by atoms with E-state index in [4.69, 9.17) is 5.11 Å². The van der Waals surface area contributed by atoms with Crippen LogP contribution in [0.15, 0.2) is 24.3 Å². The van der Waals surface area contributed by atoms with Crippen molar-refractivity contribution in [2.45, 2.75) is 44.7 Å². The van der Waals surface area contributed by atoms with Crippen molar-refractivity contribution in [3.63, 3.8) is 0 Å². The summed E-state index contributed by atoms with van der Waals surface area (Å²) in [7, 11) is 0. The molecule has 36 heavy (non-hydrogen) atoms. The van der Waals surface area contributed by atoms with E-state index in [2.05, 4.69) is 16.1 Å². The Bertz CT molecular complexity index is 1090. The van der Waals surface area contributed by atoms with E-state index < -0.39 is 48.2 Å². The quantitative estimate of drug-likeness (QED) is 0.342. The number of aliphatic carboxylic acids is 1. The molecule has 6 amide bonds. The molecule has 2 aliphatic heterocycles. The number of carbonyl (C=O) groups is 7. The molecule has 2 saturated heterocycles. The minimum absolute atomic E-state index is 0.126. The van der Waals surface area contributed by atoms with Gasteiger partial charge in [0.05, 0.1) is 19.0 Å². The molecule has 0 aliphatic carbocycles. The van der Waals surface area contributed by atoms with Gasteiger partial charge in [-0.25, -0.2) is 19.8 Å². The second-order valence-corrected chi connectivity index (χ2v) is 8.26. The van der Waals surface area contributed by atoms with Crippen LogP contribution in [0.5, 0.6) is 0 Å². The monoisotopic (exact) mass is 502 g/mol. The van der Waals surface area contributed by atoms with Crippen LogP contribution in [0.3, 0.4) is 0 Å². The summed E-state index contributed by atoms with van der Waals surface area (Å²) in [6.07, 6.45) is 0.0574. The van der Waals surface area contributed by atoms with Crippen LogP contribution in [0.4, 0.5) is 10.5 Å². The summed E-state index contributed by atoms with van der Waals surface area (Å²) in [6.45, 7) is 1.32. The summed E-state index contributed by atoms with van der Waals surface area (Å²) >= 11 is 0. The molecular formula is C22H26N6O8. The third kappa shape index (κ3) is 6.14. The van der Waals surface area contributed by atoms with E-state index in [0.717, 1.165) is 15.0 Å². The van der Waals surface area contributed by atoms with Crippen LogP contribution in [0.25, 0.3) is 0 Å². The van der Waals surface area contributed by atoms with Crippen LogP contribution in [0.2, 0.25) is 0 Å². The number of hydrazine groups is 2. The predicted molar refractivity (Wildman–Crippen MR) is 122 cm³/mol. The predicted octanol–water partition coefficient (Wildman–Crippen LogP) is -0.518. The molecule has 14 heteroatoms. The smallest absolute Gasteiger partial charge is 0.358 e. The number of anilines is 1. The SMILES string of the molecule is CC(=O)Nc1cccc(C(=O)NN2CCC(=O)N3CCC[C@@H](C(=O)N[C@H](C=O)CC(=O)O)N3C2=O)c1.